The van der Waals surface area contributed by atoms with Crippen molar-refractivity contribution in [2.24, 2.45) is 0 Å². The predicted molar refractivity (Wildman–Crippen MR) is 78.7 cm³/mol. The number of rotatable bonds is 3. The molecule has 0 spiro atoms. The molecule has 106 valence electrons. The molecule has 1 N–H and O–H groups in total. The zero-order chi connectivity index (χ0) is 13.6. The second kappa shape index (κ2) is 4.82. The van der Waals surface area contributed by atoms with Crippen LogP contribution in [0.2, 0.25) is 0 Å². The van der Waals surface area contributed by atoms with Crippen molar-refractivity contribution in [3.63, 3.8) is 0 Å². The topological polar surface area (TPSA) is 33.1 Å². The van der Waals surface area contributed by atoms with E-state index in [1.807, 2.05) is 0 Å². The molecule has 4 nitrogen and oxygen atoms in total. The number of hydrogen-bond donors (Lipinski definition) is 1. The lowest BCUT2D eigenvalue weighted by Gasteiger charge is -2.22. The van der Waals surface area contributed by atoms with Crippen LogP contribution < -0.4 is 5.32 Å². The van der Waals surface area contributed by atoms with Crippen LogP contribution >= 0.6 is 0 Å². The second-order valence-corrected chi connectivity index (χ2v) is 6.37. The molecule has 3 heterocycles. The fraction of sp³-hybridized carbons (Fsp3) is 0.800. The van der Waals surface area contributed by atoms with Gasteiger partial charge >= 0.3 is 0 Å². The van der Waals surface area contributed by atoms with Gasteiger partial charge in [0.1, 0.15) is 0 Å². The number of nitrogens with one attached hydrogen (secondary N) is 1. The van der Waals surface area contributed by atoms with Crippen molar-refractivity contribution in [2.75, 3.05) is 18.4 Å². The molecule has 2 aliphatic heterocycles. The van der Waals surface area contributed by atoms with Crippen molar-refractivity contribution < 1.29 is 0 Å². The van der Waals surface area contributed by atoms with Gasteiger partial charge < -0.3 is 5.32 Å². The van der Waals surface area contributed by atoms with Gasteiger partial charge in [0.05, 0.1) is 17.1 Å². The SMILES string of the molecule is Cc1nn(C(C)C)c(C)c1NC1CCN2CCCC12. The van der Waals surface area contributed by atoms with Crippen LogP contribution in [0.15, 0.2) is 0 Å². The minimum absolute atomic E-state index is 0.431. The molecular weight excluding hydrogens is 236 g/mol. The average molecular weight is 262 g/mol. The summed E-state index contributed by atoms with van der Waals surface area (Å²) in [6, 6.07) is 1.80. The van der Waals surface area contributed by atoms with Gasteiger partial charge in [0.2, 0.25) is 0 Å². The highest BCUT2D eigenvalue weighted by atomic mass is 15.3. The van der Waals surface area contributed by atoms with Crippen molar-refractivity contribution >= 4 is 5.69 Å². The molecule has 2 atom stereocenters. The first kappa shape index (κ1) is 13.0. The van der Waals surface area contributed by atoms with Gasteiger partial charge in [-0.2, -0.15) is 5.10 Å². The first-order valence-electron chi connectivity index (χ1n) is 7.64. The Balaban J connectivity index is 1.80. The van der Waals surface area contributed by atoms with Crippen LogP contribution in [0, 0.1) is 13.8 Å². The third-order valence-corrected chi connectivity index (χ3v) is 4.75. The molecule has 0 bridgehead atoms. The molecule has 3 rings (SSSR count). The normalized spacial score (nSPS) is 27.2. The minimum Gasteiger partial charge on any atom is -0.378 e. The molecule has 1 aromatic heterocycles. The average Bonchev–Trinajstić information content (AvgIpc) is 3.00. The van der Waals surface area contributed by atoms with Gasteiger partial charge in [0, 0.05) is 24.7 Å². The Morgan fingerprint density at radius 2 is 2.00 bits per heavy atom. The minimum atomic E-state index is 0.431. The molecule has 2 saturated heterocycles. The van der Waals surface area contributed by atoms with E-state index in [1.54, 1.807) is 0 Å². The summed E-state index contributed by atoms with van der Waals surface area (Å²) in [7, 11) is 0. The Morgan fingerprint density at radius 1 is 1.21 bits per heavy atom. The monoisotopic (exact) mass is 262 g/mol. The van der Waals surface area contributed by atoms with Crippen LogP contribution in [0.1, 0.15) is 50.5 Å². The van der Waals surface area contributed by atoms with Crippen molar-refractivity contribution in [2.45, 2.75) is 65.1 Å². The molecule has 2 unspecified atom stereocenters. The maximum atomic E-state index is 4.68. The first-order valence-corrected chi connectivity index (χ1v) is 7.64. The van der Waals surface area contributed by atoms with E-state index in [4.69, 9.17) is 0 Å². The third kappa shape index (κ3) is 2.16. The highest BCUT2D eigenvalue weighted by molar-refractivity contribution is 5.53. The van der Waals surface area contributed by atoms with E-state index in [0.717, 1.165) is 11.7 Å². The standard InChI is InChI=1S/C15H26N4/c1-10(2)19-12(4)15(11(3)17-19)16-13-7-9-18-8-5-6-14(13)18/h10,13-14,16H,5-9H2,1-4H3. The Morgan fingerprint density at radius 3 is 2.68 bits per heavy atom. The Bertz CT molecular complexity index is 463. The summed E-state index contributed by atoms with van der Waals surface area (Å²) < 4.78 is 2.14. The zero-order valence-corrected chi connectivity index (χ0v) is 12.6. The summed E-state index contributed by atoms with van der Waals surface area (Å²) in [5.41, 5.74) is 3.69. The summed E-state index contributed by atoms with van der Waals surface area (Å²) in [5, 5.41) is 8.48. The Hall–Kier alpha value is -1.03. The number of anilines is 1. The van der Waals surface area contributed by atoms with Gasteiger partial charge in [-0.05, 0) is 53.5 Å². The highest BCUT2D eigenvalue weighted by Gasteiger charge is 2.37. The lowest BCUT2D eigenvalue weighted by Crippen LogP contribution is -2.34. The fourth-order valence-corrected chi connectivity index (χ4v) is 3.81. The van der Waals surface area contributed by atoms with Gasteiger partial charge in [-0.1, -0.05) is 0 Å². The van der Waals surface area contributed by atoms with E-state index in [-0.39, 0.29) is 0 Å². The van der Waals surface area contributed by atoms with Gasteiger partial charge in [0.25, 0.3) is 0 Å². The molecule has 0 radical (unpaired) electrons. The van der Waals surface area contributed by atoms with Crippen LogP contribution in [0.25, 0.3) is 0 Å². The largest absolute Gasteiger partial charge is 0.378 e. The molecule has 0 saturated carbocycles. The molecule has 2 aliphatic rings. The highest BCUT2D eigenvalue weighted by Crippen LogP contribution is 2.32. The van der Waals surface area contributed by atoms with Crippen LogP contribution in [-0.2, 0) is 0 Å². The van der Waals surface area contributed by atoms with E-state index in [2.05, 4.69) is 47.7 Å². The number of aryl methyl sites for hydroxylation is 1. The van der Waals surface area contributed by atoms with Gasteiger partial charge in [-0.3, -0.25) is 9.58 Å². The third-order valence-electron chi connectivity index (χ3n) is 4.75. The van der Waals surface area contributed by atoms with Crippen LogP contribution in [-0.4, -0.2) is 39.9 Å². The number of aromatic nitrogens is 2. The number of nitrogens with zero attached hydrogens (tertiary/aromatic N) is 3. The van der Waals surface area contributed by atoms with Gasteiger partial charge in [0.15, 0.2) is 0 Å². The fourth-order valence-electron chi connectivity index (χ4n) is 3.81. The smallest absolute Gasteiger partial charge is 0.0828 e. The zero-order valence-electron chi connectivity index (χ0n) is 12.6. The molecular formula is C15H26N4. The summed E-state index contributed by atoms with van der Waals surface area (Å²) in [5.74, 6) is 0. The first-order chi connectivity index (χ1) is 9.08. The molecule has 4 heteroatoms. The molecule has 0 aromatic carbocycles. The van der Waals surface area contributed by atoms with E-state index in [1.165, 1.54) is 43.7 Å². The maximum Gasteiger partial charge on any atom is 0.0828 e. The van der Waals surface area contributed by atoms with Crippen LogP contribution in [0.3, 0.4) is 0 Å². The van der Waals surface area contributed by atoms with Crippen LogP contribution in [0.5, 0.6) is 0 Å². The summed E-state index contributed by atoms with van der Waals surface area (Å²) >= 11 is 0. The Kier molecular flexibility index (Phi) is 3.29. The van der Waals surface area contributed by atoms with Crippen molar-refractivity contribution in [3.05, 3.63) is 11.4 Å². The van der Waals surface area contributed by atoms with Crippen molar-refractivity contribution in [1.82, 2.24) is 14.7 Å². The molecule has 2 fully saturated rings. The summed E-state index contributed by atoms with van der Waals surface area (Å²) in [6.45, 7) is 11.2. The molecule has 19 heavy (non-hydrogen) atoms. The van der Waals surface area contributed by atoms with E-state index in [0.29, 0.717) is 12.1 Å². The summed E-state index contributed by atoms with van der Waals surface area (Å²) in [4.78, 5) is 2.65. The lowest BCUT2D eigenvalue weighted by atomic mass is 10.1. The lowest BCUT2D eigenvalue weighted by molar-refractivity contribution is 0.318. The number of hydrogen-bond acceptors (Lipinski definition) is 3. The molecule has 0 aliphatic carbocycles. The predicted octanol–water partition coefficient (Wildman–Crippen LogP) is 2.73. The summed E-state index contributed by atoms with van der Waals surface area (Å²) in [6.07, 6.45) is 4.00. The molecule has 1 aromatic rings. The quantitative estimate of drug-likeness (QED) is 0.909. The number of fused-ring (bicyclic) bond motifs is 1. The van der Waals surface area contributed by atoms with E-state index >= 15 is 0 Å². The van der Waals surface area contributed by atoms with Crippen LogP contribution in [0.4, 0.5) is 5.69 Å². The Labute approximate surface area is 116 Å². The van der Waals surface area contributed by atoms with Gasteiger partial charge in [-0.15, -0.1) is 0 Å². The van der Waals surface area contributed by atoms with Gasteiger partial charge in [-0.25, -0.2) is 0 Å². The molecule has 0 amide bonds. The second-order valence-electron chi connectivity index (χ2n) is 6.37. The van der Waals surface area contributed by atoms with E-state index in [9.17, 15) is 0 Å². The van der Waals surface area contributed by atoms with Crippen molar-refractivity contribution in [1.29, 1.82) is 0 Å². The maximum absolute atomic E-state index is 4.68. The van der Waals surface area contributed by atoms with Crippen molar-refractivity contribution in [3.8, 4) is 0 Å². The van der Waals surface area contributed by atoms with E-state index < -0.39 is 0 Å².